The fraction of sp³-hybridized carbons (Fsp3) is 0.267. The van der Waals surface area contributed by atoms with Crippen LogP contribution in [0.4, 0.5) is 5.82 Å². The van der Waals surface area contributed by atoms with Crippen molar-refractivity contribution in [2.75, 3.05) is 5.32 Å². The van der Waals surface area contributed by atoms with Crippen LogP contribution >= 0.6 is 0 Å². The summed E-state index contributed by atoms with van der Waals surface area (Å²) < 4.78 is 5.20. The summed E-state index contributed by atoms with van der Waals surface area (Å²) in [5.41, 5.74) is 6.13. The van der Waals surface area contributed by atoms with Gasteiger partial charge in [0, 0.05) is 23.5 Å². The molecule has 2 amide bonds. The Morgan fingerprint density at radius 1 is 1.19 bits per heavy atom. The third kappa shape index (κ3) is 2.65. The zero-order valence-electron chi connectivity index (χ0n) is 11.3. The Morgan fingerprint density at radius 3 is 2.52 bits per heavy atom. The molecule has 3 N–H and O–H groups in total. The van der Waals surface area contributed by atoms with Crippen molar-refractivity contribution in [1.29, 1.82) is 0 Å². The van der Waals surface area contributed by atoms with Gasteiger partial charge in [-0.1, -0.05) is 35.5 Å². The van der Waals surface area contributed by atoms with Gasteiger partial charge in [0.1, 0.15) is 0 Å². The first-order chi connectivity index (χ1) is 10.1. The van der Waals surface area contributed by atoms with Gasteiger partial charge in [-0.05, 0) is 12.8 Å². The molecule has 0 radical (unpaired) electrons. The van der Waals surface area contributed by atoms with Crippen LogP contribution in [0.5, 0.6) is 0 Å². The Balaban J connectivity index is 1.68. The van der Waals surface area contributed by atoms with E-state index in [1.165, 1.54) is 0 Å². The summed E-state index contributed by atoms with van der Waals surface area (Å²) >= 11 is 0. The molecule has 1 fully saturated rings. The van der Waals surface area contributed by atoms with Crippen molar-refractivity contribution in [3.05, 3.63) is 36.4 Å². The molecule has 3 rings (SSSR count). The number of hydrogen-bond acceptors (Lipinski definition) is 4. The van der Waals surface area contributed by atoms with Crippen LogP contribution < -0.4 is 11.1 Å². The Kier molecular flexibility index (Phi) is 3.43. The van der Waals surface area contributed by atoms with E-state index in [1.807, 2.05) is 30.3 Å². The summed E-state index contributed by atoms with van der Waals surface area (Å²) in [5.74, 6) is -0.478. The standard InChI is InChI=1S/C15H15N3O3/c16-14(19)10-6-7-11(10)15(20)17-13-8-12(21-18-13)9-4-2-1-3-5-9/h1-5,8,10-11H,6-7H2,(H2,16,19)(H,17,18,20). The SMILES string of the molecule is NC(=O)C1CCC1C(=O)Nc1cc(-c2ccccc2)on1. The van der Waals surface area contributed by atoms with Crippen LogP contribution in [0.3, 0.4) is 0 Å². The van der Waals surface area contributed by atoms with Gasteiger partial charge in [-0.15, -0.1) is 0 Å². The number of primary amides is 1. The Morgan fingerprint density at radius 2 is 1.90 bits per heavy atom. The minimum Gasteiger partial charge on any atom is -0.369 e. The first-order valence-electron chi connectivity index (χ1n) is 6.77. The highest BCUT2D eigenvalue weighted by Crippen LogP contribution is 2.35. The van der Waals surface area contributed by atoms with Crippen LogP contribution in [0.15, 0.2) is 40.9 Å². The molecule has 108 valence electrons. The Labute approximate surface area is 121 Å². The molecule has 21 heavy (non-hydrogen) atoms. The fourth-order valence-corrected chi connectivity index (χ4v) is 2.45. The summed E-state index contributed by atoms with van der Waals surface area (Å²) in [6, 6.07) is 11.1. The largest absolute Gasteiger partial charge is 0.369 e. The molecule has 2 aromatic rings. The van der Waals surface area contributed by atoms with E-state index in [1.54, 1.807) is 6.07 Å². The number of anilines is 1. The molecule has 2 unspecified atom stereocenters. The van der Waals surface area contributed by atoms with Gasteiger partial charge in [-0.2, -0.15) is 0 Å². The second-order valence-electron chi connectivity index (χ2n) is 5.12. The van der Waals surface area contributed by atoms with E-state index in [2.05, 4.69) is 10.5 Å². The van der Waals surface area contributed by atoms with Crippen LogP contribution in [0.1, 0.15) is 12.8 Å². The highest BCUT2D eigenvalue weighted by atomic mass is 16.5. The number of aromatic nitrogens is 1. The maximum Gasteiger partial charge on any atom is 0.229 e. The first-order valence-corrected chi connectivity index (χ1v) is 6.77. The lowest BCUT2D eigenvalue weighted by molar-refractivity contribution is -0.135. The van der Waals surface area contributed by atoms with Crippen molar-refractivity contribution in [2.24, 2.45) is 17.6 Å². The molecule has 1 aliphatic carbocycles. The van der Waals surface area contributed by atoms with Crippen molar-refractivity contribution in [3.63, 3.8) is 0 Å². The average Bonchev–Trinajstić information content (AvgIpc) is 2.86. The van der Waals surface area contributed by atoms with E-state index >= 15 is 0 Å². The number of amides is 2. The van der Waals surface area contributed by atoms with Gasteiger partial charge in [-0.3, -0.25) is 9.59 Å². The maximum atomic E-state index is 12.1. The van der Waals surface area contributed by atoms with E-state index in [-0.39, 0.29) is 17.7 Å². The van der Waals surface area contributed by atoms with Crippen LogP contribution in [0.25, 0.3) is 11.3 Å². The van der Waals surface area contributed by atoms with Crippen molar-refractivity contribution < 1.29 is 14.1 Å². The number of nitrogens with zero attached hydrogens (tertiary/aromatic N) is 1. The summed E-state index contributed by atoms with van der Waals surface area (Å²) in [4.78, 5) is 23.2. The zero-order chi connectivity index (χ0) is 14.8. The highest BCUT2D eigenvalue weighted by molar-refractivity contribution is 5.96. The van der Waals surface area contributed by atoms with Gasteiger partial charge in [0.25, 0.3) is 0 Å². The molecule has 6 heteroatoms. The highest BCUT2D eigenvalue weighted by Gasteiger charge is 2.40. The zero-order valence-corrected chi connectivity index (χ0v) is 11.3. The second-order valence-corrected chi connectivity index (χ2v) is 5.12. The van der Waals surface area contributed by atoms with Crippen LogP contribution in [-0.4, -0.2) is 17.0 Å². The average molecular weight is 285 g/mol. The number of benzene rings is 1. The van der Waals surface area contributed by atoms with E-state index in [0.29, 0.717) is 24.4 Å². The molecule has 1 aliphatic rings. The fourth-order valence-electron chi connectivity index (χ4n) is 2.45. The predicted molar refractivity (Wildman–Crippen MR) is 76.0 cm³/mol. The molecule has 1 aromatic heterocycles. The number of hydrogen-bond donors (Lipinski definition) is 2. The molecule has 6 nitrogen and oxygen atoms in total. The quantitative estimate of drug-likeness (QED) is 0.894. The van der Waals surface area contributed by atoms with E-state index in [9.17, 15) is 9.59 Å². The van der Waals surface area contributed by atoms with Gasteiger partial charge in [0.2, 0.25) is 11.8 Å². The molecule has 1 aromatic carbocycles. The van der Waals surface area contributed by atoms with Gasteiger partial charge in [-0.25, -0.2) is 0 Å². The van der Waals surface area contributed by atoms with Crippen LogP contribution in [-0.2, 0) is 9.59 Å². The van der Waals surface area contributed by atoms with Crippen molar-refractivity contribution in [1.82, 2.24) is 5.16 Å². The minimum atomic E-state index is -0.425. The van der Waals surface area contributed by atoms with Gasteiger partial charge in [0.05, 0.1) is 0 Å². The third-order valence-corrected chi connectivity index (χ3v) is 3.80. The lowest BCUT2D eigenvalue weighted by Gasteiger charge is -2.32. The van der Waals surface area contributed by atoms with Crippen molar-refractivity contribution in [3.8, 4) is 11.3 Å². The topological polar surface area (TPSA) is 98.2 Å². The summed E-state index contributed by atoms with van der Waals surface area (Å²) in [5, 5.41) is 6.49. The Hall–Kier alpha value is -2.63. The third-order valence-electron chi connectivity index (χ3n) is 3.80. The van der Waals surface area contributed by atoms with Gasteiger partial charge < -0.3 is 15.6 Å². The summed E-state index contributed by atoms with van der Waals surface area (Å²) in [7, 11) is 0. The number of nitrogens with two attached hydrogens (primary N) is 1. The molecule has 1 saturated carbocycles. The van der Waals surface area contributed by atoms with Crippen molar-refractivity contribution in [2.45, 2.75) is 12.8 Å². The second kappa shape index (κ2) is 5.40. The van der Waals surface area contributed by atoms with Crippen molar-refractivity contribution >= 4 is 17.6 Å². The molecule has 0 spiro atoms. The molecular formula is C15H15N3O3. The first kappa shape index (κ1) is 13.4. The van der Waals surface area contributed by atoms with E-state index in [0.717, 1.165) is 5.56 Å². The number of rotatable bonds is 4. The van der Waals surface area contributed by atoms with E-state index < -0.39 is 5.91 Å². The molecule has 0 bridgehead atoms. The summed E-state index contributed by atoms with van der Waals surface area (Å²) in [6.07, 6.45) is 1.34. The molecule has 1 heterocycles. The van der Waals surface area contributed by atoms with E-state index in [4.69, 9.17) is 10.3 Å². The normalized spacial score (nSPS) is 20.6. The monoisotopic (exact) mass is 285 g/mol. The number of carbonyl (C=O) groups is 2. The van der Waals surface area contributed by atoms with Gasteiger partial charge >= 0.3 is 0 Å². The lowest BCUT2D eigenvalue weighted by atomic mass is 9.72. The molecular weight excluding hydrogens is 270 g/mol. The molecule has 2 atom stereocenters. The minimum absolute atomic E-state index is 0.238. The van der Waals surface area contributed by atoms with Crippen LogP contribution in [0.2, 0.25) is 0 Å². The number of carbonyl (C=O) groups excluding carboxylic acids is 2. The molecule has 0 aliphatic heterocycles. The van der Waals surface area contributed by atoms with Gasteiger partial charge in [0.15, 0.2) is 11.6 Å². The number of nitrogens with one attached hydrogen (secondary N) is 1. The molecule has 0 saturated heterocycles. The summed E-state index contributed by atoms with van der Waals surface area (Å²) in [6.45, 7) is 0. The lowest BCUT2D eigenvalue weighted by Crippen LogP contribution is -2.43. The van der Waals surface area contributed by atoms with Crippen LogP contribution in [0, 0.1) is 11.8 Å². The Bertz CT molecular complexity index is 666. The maximum absolute atomic E-state index is 12.1. The predicted octanol–water partition coefficient (Wildman–Crippen LogP) is 1.79. The smallest absolute Gasteiger partial charge is 0.229 e.